The molecule has 0 spiro atoms. The second-order valence-corrected chi connectivity index (χ2v) is 18.4. The number of aryl methyl sites for hydroxylation is 10. The first-order valence-corrected chi connectivity index (χ1v) is 27.2. The van der Waals surface area contributed by atoms with E-state index in [-0.39, 0.29) is 0 Å². The molecule has 0 heteroatoms. The maximum atomic E-state index is 2.29. The van der Waals surface area contributed by atoms with Gasteiger partial charge in [0.2, 0.25) is 0 Å². The molecule has 0 N–H and O–H groups in total. The Labute approximate surface area is 404 Å². The SMILES string of the molecule is CCC.CCC.CCC.CCC.CCC.c1ccc2c(c1)CC2.c1ccc2c(c1)CCC2.c1ccc2c(c1)CCCC2.c1ccc2c(c1)CCCCC2.c1ccc2c(c1)CCCCCC2. The van der Waals surface area contributed by atoms with E-state index in [0.29, 0.717) is 0 Å². The fourth-order valence-electron chi connectivity index (χ4n) is 8.21. The first-order chi connectivity index (χ1) is 31.9. The molecule has 0 saturated carbocycles. The van der Waals surface area contributed by atoms with Gasteiger partial charge in [0.1, 0.15) is 0 Å². The Morgan fingerprint density at radius 2 is 0.308 bits per heavy atom. The molecule has 0 amide bonds. The zero-order chi connectivity index (χ0) is 47.6. The van der Waals surface area contributed by atoms with E-state index in [1.54, 1.807) is 55.6 Å². The maximum absolute atomic E-state index is 2.29. The van der Waals surface area contributed by atoms with Crippen molar-refractivity contribution in [2.75, 3.05) is 0 Å². The Balaban J connectivity index is 0.000000379. The van der Waals surface area contributed by atoms with Crippen LogP contribution in [0.5, 0.6) is 0 Å². The lowest BCUT2D eigenvalue weighted by Gasteiger charge is -2.16. The first-order valence-electron chi connectivity index (χ1n) is 27.2. The third-order valence-corrected chi connectivity index (χ3v) is 11.3. The summed E-state index contributed by atoms with van der Waals surface area (Å²) in [4.78, 5) is 0. The summed E-state index contributed by atoms with van der Waals surface area (Å²) in [6.45, 7) is 21.2. The summed E-state index contributed by atoms with van der Waals surface area (Å²) in [6.07, 6.45) is 33.2. The van der Waals surface area contributed by atoms with Crippen LogP contribution in [0.15, 0.2) is 121 Å². The van der Waals surface area contributed by atoms with Crippen LogP contribution in [0.4, 0.5) is 0 Å². The molecule has 0 unspecified atom stereocenters. The molecule has 0 heterocycles. The fourth-order valence-corrected chi connectivity index (χ4v) is 8.21. The van der Waals surface area contributed by atoms with E-state index in [1.807, 2.05) is 0 Å². The highest BCUT2D eigenvalue weighted by atomic mass is 14.2. The van der Waals surface area contributed by atoms with Gasteiger partial charge in [0.05, 0.1) is 0 Å². The Morgan fingerprint density at radius 1 is 0.185 bits per heavy atom. The van der Waals surface area contributed by atoms with E-state index >= 15 is 0 Å². The van der Waals surface area contributed by atoms with Crippen LogP contribution >= 0.6 is 0 Å². The van der Waals surface area contributed by atoms with Crippen molar-refractivity contribution in [1.82, 2.24) is 0 Å². The van der Waals surface area contributed by atoms with Gasteiger partial charge in [-0.1, -0.05) is 242 Å². The maximum Gasteiger partial charge on any atom is -0.0235 e. The minimum Gasteiger partial charge on any atom is -0.0656 e. The lowest BCUT2D eigenvalue weighted by atomic mass is 9.89. The zero-order valence-electron chi connectivity index (χ0n) is 44.2. The largest absolute Gasteiger partial charge is 0.0656 e. The van der Waals surface area contributed by atoms with Crippen molar-refractivity contribution < 1.29 is 0 Å². The number of hydrogen-bond acceptors (Lipinski definition) is 0. The van der Waals surface area contributed by atoms with Gasteiger partial charge in [-0.25, -0.2) is 0 Å². The van der Waals surface area contributed by atoms with Gasteiger partial charge >= 0.3 is 0 Å². The second-order valence-electron chi connectivity index (χ2n) is 18.4. The molecule has 0 aromatic heterocycles. The smallest absolute Gasteiger partial charge is 0.0235 e. The molecular formula is C65H100. The molecule has 10 rings (SSSR count). The van der Waals surface area contributed by atoms with Crippen molar-refractivity contribution >= 4 is 0 Å². The van der Waals surface area contributed by atoms with E-state index in [2.05, 4.69) is 191 Å². The molecule has 0 fully saturated rings. The molecule has 5 aromatic carbocycles. The minimum atomic E-state index is 1.25. The molecule has 360 valence electrons. The molecule has 5 aliphatic carbocycles. The van der Waals surface area contributed by atoms with Gasteiger partial charge in [0, 0.05) is 0 Å². The summed E-state index contributed by atoms with van der Waals surface area (Å²) >= 11 is 0. The molecule has 0 nitrogen and oxygen atoms in total. The first kappa shape index (κ1) is 59.1. The van der Waals surface area contributed by atoms with Gasteiger partial charge in [-0.05, 0) is 165 Å². The van der Waals surface area contributed by atoms with Gasteiger partial charge in [-0.15, -0.1) is 0 Å². The van der Waals surface area contributed by atoms with Gasteiger partial charge in [0.25, 0.3) is 0 Å². The summed E-state index contributed by atoms with van der Waals surface area (Å²) in [5.74, 6) is 0. The highest BCUT2D eigenvalue weighted by Gasteiger charge is 2.10. The van der Waals surface area contributed by atoms with Crippen molar-refractivity contribution in [3.05, 3.63) is 177 Å². The van der Waals surface area contributed by atoms with Crippen LogP contribution in [0.25, 0.3) is 0 Å². The van der Waals surface area contributed by atoms with E-state index in [1.165, 1.54) is 161 Å². The van der Waals surface area contributed by atoms with Crippen molar-refractivity contribution in [1.29, 1.82) is 0 Å². The summed E-state index contributed by atoms with van der Waals surface area (Å²) in [6, 6.07) is 44.0. The average Bonchev–Trinajstić information content (AvgIpc) is 3.66. The molecule has 0 saturated heterocycles. The molecule has 65 heavy (non-hydrogen) atoms. The van der Waals surface area contributed by atoms with Crippen LogP contribution in [0, 0.1) is 0 Å². The Bertz CT molecular complexity index is 1670. The van der Waals surface area contributed by atoms with Crippen LogP contribution < -0.4 is 0 Å². The van der Waals surface area contributed by atoms with Crippen molar-refractivity contribution in [3.8, 4) is 0 Å². The Kier molecular flexibility index (Phi) is 37.8. The quantitative estimate of drug-likeness (QED) is 0.136. The van der Waals surface area contributed by atoms with Crippen LogP contribution in [-0.4, -0.2) is 0 Å². The van der Waals surface area contributed by atoms with Gasteiger partial charge in [-0.3, -0.25) is 0 Å². The summed E-state index contributed by atoms with van der Waals surface area (Å²) in [5, 5.41) is 0. The summed E-state index contributed by atoms with van der Waals surface area (Å²) < 4.78 is 0. The Hall–Kier alpha value is -3.90. The molecule has 0 radical (unpaired) electrons. The number of fused-ring (bicyclic) bond motifs is 5. The third kappa shape index (κ3) is 27.4. The normalized spacial score (nSPS) is 14.0. The number of rotatable bonds is 0. The fraction of sp³-hybridized carbons (Fsp3) is 0.538. The van der Waals surface area contributed by atoms with Crippen LogP contribution in [0.1, 0.15) is 221 Å². The van der Waals surface area contributed by atoms with E-state index in [4.69, 9.17) is 0 Å². The lowest BCUT2D eigenvalue weighted by molar-refractivity contribution is 0.617. The van der Waals surface area contributed by atoms with Crippen LogP contribution in [0.2, 0.25) is 0 Å². The van der Waals surface area contributed by atoms with Crippen LogP contribution in [0.3, 0.4) is 0 Å². The Morgan fingerprint density at radius 3 is 0.462 bits per heavy atom. The zero-order valence-corrected chi connectivity index (χ0v) is 44.2. The van der Waals surface area contributed by atoms with E-state index in [0.717, 1.165) is 0 Å². The predicted molar refractivity (Wildman–Crippen MR) is 295 cm³/mol. The lowest BCUT2D eigenvalue weighted by Crippen LogP contribution is -2.06. The topological polar surface area (TPSA) is 0 Å². The molecule has 0 atom stereocenters. The molecule has 0 aliphatic heterocycles. The summed E-state index contributed by atoms with van der Waals surface area (Å²) in [7, 11) is 0. The summed E-state index contributed by atoms with van der Waals surface area (Å²) in [5.41, 5.74) is 15.8. The number of benzene rings is 5. The van der Waals surface area contributed by atoms with E-state index < -0.39 is 0 Å². The average molecular weight is 882 g/mol. The molecule has 5 aromatic rings. The monoisotopic (exact) mass is 881 g/mol. The van der Waals surface area contributed by atoms with Gasteiger partial charge in [-0.2, -0.15) is 0 Å². The second kappa shape index (κ2) is 41.5. The molecular weight excluding hydrogens is 781 g/mol. The highest BCUT2D eigenvalue weighted by Crippen LogP contribution is 2.23. The molecule has 5 aliphatic rings. The van der Waals surface area contributed by atoms with Crippen molar-refractivity contribution in [3.63, 3.8) is 0 Å². The minimum absolute atomic E-state index is 1.25. The number of hydrogen-bond donors (Lipinski definition) is 0. The van der Waals surface area contributed by atoms with Crippen molar-refractivity contribution in [2.45, 2.75) is 230 Å². The van der Waals surface area contributed by atoms with Gasteiger partial charge < -0.3 is 0 Å². The highest BCUT2D eigenvalue weighted by molar-refractivity contribution is 5.35. The predicted octanol–water partition coefficient (Wildman–Crippen LogP) is 19.9. The third-order valence-electron chi connectivity index (χ3n) is 11.3. The van der Waals surface area contributed by atoms with Gasteiger partial charge in [0.15, 0.2) is 0 Å². The van der Waals surface area contributed by atoms with E-state index in [9.17, 15) is 0 Å². The standard InChI is InChI=1S/C12H16.C11H14.C10H12.C9H10.C8H8.5C3H8/c1-2-4-8-12-10-6-5-9-11(12)7-3-1;1-2-6-10-8-4-5-9-11(10)7-3-1;1-2-6-10-8-4-3-7-9(10)5-1;1-2-5-9-7-3-6-8(9)4-1;1-2-4-8-6-5-7(8)3-1;5*1-3-2/h5-6,9-10H,1-4,7-8H2;4-5,8-9H,1-3,6-7H2;1-2,5-6H,3-4,7-8H2;1-2,4-5H,3,6-7H2;1-4H,5-6H2;5*3H2,1-2H3. The van der Waals surface area contributed by atoms with Crippen LogP contribution in [-0.2, 0) is 64.2 Å². The molecule has 0 bridgehead atoms. The van der Waals surface area contributed by atoms with Crippen molar-refractivity contribution in [2.24, 2.45) is 0 Å².